The lowest BCUT2D eigenvalue weighted by atomic mass is 9.84. The van der Waals surface area contributed by atoms with E-state index < -0.39 is 0 Å². The van der Waals surface area contributed by atoms with Crippen molar-refractivity contribution < 1.29 is 19.1 Å². The van der Waals surface area contributed by atoms with Crippen LogP contribution in [-0.2, 0) is 16.1 Å². The van der Waals surface area contributed by atoms with E-state index in [0.717, 1.165) is 46.4 Å². The van der Waals surface area contributed by atoms with Gasteiger partial charge in [0.25, 0.3) is 5.91 Å². The summed E-state index contributed by atoms with van der Waals surface area (Å²) in [4.78, 5) is 27.3. The van der Waals surface area contributed by atoms with Crippen molar-refractivity contribution in [1.29, 1.82) is 0 Å². The number of aromatic nitrogens is 1. The van der Waals surface area contributed by atoms with Gasteiger partial charge in [0, 0.05) is 42.4 Å². The maximum Gasteiger partial charge on any atom is 0.259 e. The number of amides is 2. The third-order valence-electron chi connectivity index (χ3n) is 7.16. The molecule has 3 aliphatic heterocycles. The molecule has 0 aliphatic carbocycles. The molecule has 1 atom stereocenters. The number of imide groups is 1. The second kappa shape index (κ2) is 8.18. The summed E-state index contributed by atoms with van der Waals surface area (Å²) in [6.45, 7) is 8.05. The van der Waals surface area contributed by atoms with Crippen molar-refractivity contribution in [3.63, 3.8) is 0 Å². The van der Waals surface area contributed by atoms with Crippen molar-refractivity contribution in [2.45, 2.75) is 39.7 Å². The number of aryl methyl sites for hydroxylation is 1. The van der Waals surface area contributed by atoms with E-state index >= 15 is 0 Å². The fraction of sp³-hybridized carbons (Fsp3) is 0.357. The number of carbonyl (C=O) groups is 2. The molecule has 7 heteroatoms. The molecule has 7 nitrogen and oxygen atoms in total. The number of carbonyl (C=O) groups excluding carboxylic acids is 2. The Labute approximate surface area is 204 Å². The molecule has 6 rings (SSSR count). The van der Waals surface area contributed by atoms with Crippen LogP contribution in [0.4, 0.5) is 5.69 Å². The summed E-state index contributed by atoms with van der Waals surface area (Å²) in [5.74, 6) is 1.15. The summed E-state index contributed by atoms with van der Waals surface area (Å²) in [6, 6.07) is 12.2. The third-order valence-corrected chi connectivity index (χ3v) is 7.16. The minimum Gasteiger partial charge on any atom is -0.486 e. The first-order valence-electron chi connectivity index (χ1n) is 12.3. The van der Waals surface area contributed by atoms with Gasteiger partial charge < -0.3 is 19.4 Å². The molecule has 180 valence electrons. The van der Waals surface area contributed by atoms with Gasteiger partial charge >= 0.3 is 0 Å². The molecule has 0 spiro atoms. The van der Waals surface area contributed by atoms with Gasteiger partial charge in [0.15, 0.2) is 11.5 Å². The fourth-order valence-corrected chi connectivity index (χ4v) is 5.44. The Morgan fingerprint density at radius 2 is 1.94 bits per heavy atom. The zero-order chi connectivity index (χ0) is 24.3. The Kier molecular flexibility index (Phi) is 5.09. The molecule has 3 aliphatic rings. The number of nitrogens with one attached hydrogen (secondary N) is 1. The predicted octanol–water partition coefficient (Wildman–Crippen LogP) is 4.66. The number of anilines is 1. The van der Waals surface area contributed by atoms with E-state index in [-0.39, 0.29) is 24.3 Å². The Hall–Kier alpha value is -3.74. The number of hydrogen-bond acceptors (Lipinski definition) is 5. The summed E-state index contributed by atoms with van der Waals surface area (Å²) >= 11 is 0. The number of fused-ring (bicyclic) bond motifs is 1. The van der Waals surface area contributed by atoms with E-state index in [4.69, 9.17) is 9.47 Å². The Bertz CT molecular complexity index is 1400. The maximum absolute atomic E-state index is 13.6. The summed E-state index contributed by atoms with van der Waals surface area (Å²) in [5, 5.41) is 4.66. The smallest absolute Gasteiger partial charge is 0.259 e. The summed E-state index contributed by atoms with van der Waals surface area (Å²) in [7, 11) is 0. The number of benzene rings is 2. The molecule has 4 heterocycles. The van der Waals surface area contributed by atoms with Crippen LogP contribution in [-0.4, -0.2) is 41.0 Å². The van der Waals surface area contributed by atoms with Gasteiger partial charge in [0.2, 0.25) is 5.91 Å². The monoisotopic (exact) mass is 471 g/mol. The van der Waals surface area contributed by atoms with Crippen LogP contribution < -0.4 is 14.8 Å². The van der Waals surface area contributed by atoms with Crippen LogP contribution in [0.1, 0.15) is 44.2 Å². The minimum atomic E-state index is -0.336. The van der Waals surface area contributed by atoms with Crippen LogP contribution in [0.5, 0.6) is 11.5 Å². The minimum absolute atomic E-state index is 0.240. The van der Waals surface area contributed by atoms with Crippen LogP contribution in [0, 0.1) is 5.92 Å². The van der Waals surface area contributed by atoms with Gasteiger partial charge in [-0.05, 0) is 47.7 Å². The predicted molar refractivity (Wildman–Crippen MR) is 134 cm³/mol. The Morgan fingerprint density at radius 3 is 2.71 bits per heavy atom. The molecule has 35 heavy (non-hydrogen) atoms. The zero-order valence-corrected chi connectivity index (χ0v) is 20.3. The van der Waals surface area contributed by atoms with Crippen LogP contribution >= 0.6 is 0 Å². The maximum atomic E-state index is 13.6. The van der Waals surface area contributed by atoms with Gasteiger partial charge in [-0.2, -0.15) is 0 Å². The first-order chi connectivity index (χ1) is 16.9. The van der Waals surface area contributed by atoms with E-state index in [0.29, 0.717) is 36.2 Å². The van der Waals surface area contributed by atoms with Gasteiger partial charge in [0.05, 0.1) is 17.6 Å². The lowest BCUT2D eigenvalue weighted by Gasteiger charge is -2.23. The average Bonchev–Trinajstić information content (AvgIpc) is 3.32. The van der Waals surface area contributed by atoms with Gasteiger partial charge in [-0.3, -0.25) is 14.5 Å². The third kappa shape index (κ3) is 3.49. The molecule has 0 saturated heterocycles. The summed E-state index contributed by atoms with van der Waals surface area (Å²) < 4.78 is 13.9. The first kappa shape index (κ1) is 21.8. The van der Waals surface area contributed by atoms with E-state index in [9.17, 15) is 9.59 Å². The van der Waals surface area contributed by atoms with Crippen molar-refractivity contribution >= 4 is 28.4 Å². The van der Waals surface area contributed by atoms with Crippen molar-refractivity contribution in [3.05, 3.63) is 65.0 Å². The van der Waals surface area contributed by atoms with Crippen LogP contribution in [0.2, 0.25) is 0 Å². The van der Waals surface area contributed by atoms with Crippen molar-refractivity contribution in [2.75, 3.05) is 25.1 Å². The molecule has 0 bridgehead atoms. The molecule has 2 amide bonds. The molecule has 2 aromatic carbocycles. The highest BCUT2D eigenvalue weighted by Gasteiger charge is 2.42. The molecular weight excluding hydrogens is 442 g/mol. The molecule has 0 saturated carbocycles. The van der Waals surface area contributed by atoms with E-state index in [1.807, 2.05) is 24.3 Å². The number of hydrogen-bond donors (Lipinski definition) is 1. The zero-order valence-electron chi connectivity index (χ0n) is 20.3. The lowest BCUT2D eigenvalue weighted by Crippen LogP contribution is -2.33. The van der Waals surface area contributed by atoms with Gasteiger partial charge in [-0.15, -0.1) is 0 Å². The molecule has 1 N–H and O–H groups in total. The molecule has 1 unspecified atom stereocenters. The van der Waals surface area contributed by atoms with Crippen LogP contribution in [0.15, 0.2) is 53.9 Å². The Balaban J connectivity index is 1.57. The summed E-state index contributed by atoms with van der Waals surface area (Å²) in [6.07, 6.45) is 3.25. The quantitative estimate of drug-likeness (QED) is 0.599. The topological polar surface area (TPSA) is 72.8 Å². The fourth-order valence-electron chi connectivity index (χ4n) is 5.44. The summed E-state index contributed by atoms with van der Waals surface area (Å²) in [5.41, 5.74) is 5.52. The molecule has 0 radical (unpaired) electrons. The Morgan fingerprint density at radius 1 is 1.14 bits per heavy atom. The number of nitrogens with zero attached hydrogens (tertiary/aromatic N) is 2. The second-order valence-electron chi connectivity index (χ2n) is 9.92. The molecular formula is C28H29N3O4. The van der Waals surface area contributed by atoms with Gasteiger partial charge in [0.1, 0.15) is 13.2 Å². The van der Waals surface area contributed by atoms with Gasteiger partial charge in [-0.1, -0.05) is 26.0 Å². The van der Waals surface area contributed by atoms with E-state index in [1.54, 1.807) is 0 Å². The highest BCUT2D eigenvalue weighted by molar-refractivity contribution is 6.11. The van der Waals surface area contributed by atoms with E-state index in [2.05, 4.69) is 42.1 Å². The molecule has 3 aromatic rings. The SMILES string of the molecule is CC(=O)N1CC2=C(C1=O)C(c1ccc3c(c1)OCCO3)c1cn(CCC(C)C)c3cccc(c13)N2. The van der Waals surface area contributed by atoms with Crippen molar-refractivity contribution in [3.8, 4) is 11.5 Å². The standard InChI is InChI=1S/C28H29N3O4/c1-16(2)9-10-30-14-19-25(18-7-8-23-24(13-18)35-12-11-34-23)27-21(15-31(17(3)32)28(27)33)29-20-5-4-6-22(30)26(19)20/h4-8,13-14,16,25,29H,9-12,15H2,1-3H3. The van der Waals surface area contributed by atoms with Crippen LogP contribution in [0.25, 0.3) is 10.9 Å². The largest absolute Gasteiger partial charge is 0.486 e. The van der Waals surface area contributed by atoms with Crippen molar-refractivity contribution in [2.24, 2.45) is 5.92 Å². The lowest BCUT2D eigenvalue weighted by molar-refractivity contribution is -0.139. The van der Waals surface area contributed by atoms with Gasteiger partial charge in [-0.25, -0.2) is 0 Å². The highest BCUT2D eigenvalue weighted by Crippen LogP contribution is 2.48. The first-order valence-corrected chi connectivity index (χ1v) is 12.3. The molecule has 0 fully saturated rings. The van der Waals surface area contributed by atoms with Crippen LogP contribution in [0.3, 0.4) is 0 Å². The highest BCUT2D eigenvalue weighted by atomic mass is 16.6. The van der Waals surface area contributed by atoms with E-state index in [1.165, 1.54) is 11.8 Å². The second-order valence-corrected chi connectivity index (χ2v) is 9.92. The number of rotatable bonds is 4. The molecule has 1 aromatic heterocycles. The normalized spacial score (nSPS) is 18.7. The number of ether oxygens (including phenoxy) is 2. The van der Waals surface area contributed by atoms with Crippen molar-refractivity contribution in [1.82, 2.24) is 9.47 Å². The average molecular weight is 472 g/mol.